The lowest BCUT2D eigenvalue weighted by Gasteiger charge is -2.20. The Labute approximate surface area is 131 Å². The van der Waals surface area contributed by atoms with Crippen molar-refractivity contribution in [3.63, 3.8) is 0 Å². The van der Waals surface area contributed by atoms with Crippen LogP contribution in [-0.4, -0.2) is 42.0 Å². The maximum absolute atomic E-state index is 11.7. The Morgan fingerprint density at radius 1 is 1.35 bits per heavy atom. The standard InChI is InChI=1S/C14H16N6O3/c1-2-3-9(14(21)22)10(13-15-19-20-16-13)6-8-4-5-11-12(7-8)18-23-17-11/h4-5,7,9-10H,2-3,6H2,1H3,(H,21,22)(H,15,16,19,20). The van der Waals surface area contributed by atoms with Gasteiger partial charge in [0, 0.05) is 5.92 Å². The highest BCUT2D eigenvalue weighted by atomic mass is 16.6. The Balaban J connectivity index is 1.92. The van der Waals surface area contributed by atoms with Crippen LogP contribution in [0.25, 0.3) is 11.0 Å². The quantitative estimate of drug-likeness (QED) is 0.671. The van der Waals surface area contributed by atoms with Crippen molar-refractivity contribution in [1.29, 1.82) is 0 Å². The lowest BCUT2D eigenvalue weighted by atomic mass is 9.83. The SMILES string of the molecule is CCCC(C(=O)O)C(Cc1ccc2nonc2c1)c1nn[nH]n1. The van der Waals surface area contributed by atoms with E-state index in [4.69, 9.17) is 0 Å². The number of nitrogens with one attached hydrogen (secondary N) is 1. The van der Waals surface area contributed by atoms with Crippen LogP contribution in [0.15, 0.2) is 22.8 Å². The van der Waals surface area contributed by atoms with Gasteiger partial charge in [0.1, 0.15) is 11.0 Å². The Hall–Kier alpha value is -2.84. The smallest absolute Gasteiger partial charge is 0.307 e. The molecular formula is C14H16N6O3. The molecule has 0 fully saturated rings. The zero-order chi connectivity index (χ0) is 16.2. The van der Waals surface area contributed by atoms with Gasteiger partial charge in [-0.25, -0.2) is 4.63 Å². The number of carboxylic acids is 1. The van der Waals surface area contributed by atoms with Gasteiger partial charge in [-0.05, 0) is 40.9 Å². The summed E-state index contributed by atoms with van der Waals surface area (Å²) >= 11 is 0. The van der Waals surface area contributed by atoms with Crippen LogP contribution >= 0.6 is 0 Å². The summed E-state index contributed by atoms with van der Waals surface area (Å²) in [4.78, 5) is 11.7. The molecule has 2 atom stereocenters. The number of carboxylic acid groups (broad SMARTS) is 1. The number of aliphatic carboxylic acids is 1. The molecule has 23 heavy (non-hydrogen) atoms. The minimum Gasteiger partial charge on any atom is -0.481 e. The fourth-order valence-electron chi connectivity index (χ4n) is 2.76. The molecule has 0 radical (unpaired) electrons. The molecule has 0 saturated heterocycles. The zero-order valence-corrected chi connectivity index (χ0v) is 12.5. The van der Waals surface area contributed by atoms with Crippen LogP contribution in [0.5, 0.6) is 0 Å². The summed E-state index contributed by atoms with van der Waals surface area (Å²) in [5.41, 5.74) is 2.22. The molecule has 0 bridgehead atoms. The van der Waals surface area contributed by atoms with Crippen molar-refractivity contribution in [2.24, 2.45) is 5.92 Å². The third kappa shape index (κ3) is 3.17. The minimum atomic E-state index is -0.856. The molecule has 3 rings (SSSR count). The van der Waals surface area contributed by atoms with E-state index in [0.717, 1.165) is 12.0 Å². The molecule has 2 unspecified atom stereocenters. The van der Waals surface area contributed by atoms with E-state index in [2.05, 4.69) is 35.6 Å². The van der Waals surface area contributed by atoms with E-state index in [-0.39, 0.29) is 5.92 Å². The van der Waals surface area contributed by atoms with Crippen molar-refractivity contribution in [3.05, 3.63) is 29.6 Å². The normalized spacial score (nSPS) is 14.0. The predicted molar refractivity (Wildman–Crippen MR) is 78.5 cm³/mol. The number of hydrogen-bond acceptors (Lipinski definition) is 7. The molecule has 2 heterocycles. The Morgan fingerprint density at radius 3 is 2.87 bits per heavy atom. The number of hydrogen-bond donors (Lipinski definition) is 2. The number of aromatic amines is 1. The number of nitrogens with zero attached hydrogens (tertiary/aromatic N) is 5. The van der Waals surface area contributed by atoms with Crippen LogP contribution < -0.4 is 0 Å². The van der Waals surface area contributed by atoms with E-state index in [1.807, 2.05) is 19.1 Å². The molecule has 0 aliphatic heterocycles. The summed E-state index contributed by atoms with van der Waals surface area (Å²) in [5.74, 6) is -1.40. The first kappa shape index (κ1) is 15.1. The Morgan fingerprint density at radius 2 is 2.17 bits per heavy atom. The predicted octanol–water partition coefficient (Wildman–Crippen LogP) is 1.56. The molecule has 0 aliphatic rings. The number of fused-ring (bicyclic) bond motifs is 1. The van der Waals surface area contributed by atoms with Gasteiger partial charge in [0.15, 0.2) is 5.82 Å². The van der Waals surface area contributed by atoms with Crippen LogP contribution in [0.2, 0.25) is 0 Å². The first-order valence-electron chi connectivity index (χ1n) is 7.36. The minimum absolute atomic E-state index is 0.372. The summed E-state index contributed by atoms with van der Waals surface area (Å²) in [6.45, 7) is 1.95. The number of rotatable bonds is 7. The van der Waals surface area contributed by atoms with Crippen molar-refractivity contribution < 1.29 is 14.5 Å². The molecule has 1 aromatic carbocycles. The monoisotopic (exact) mass is 316 g/mol. The molecule has 3 aromatic rings. The van der Waals surface area contributed by atoms with Crippen molar-refractivity contribution in [1.82, 2.24) is 30.9 Å². The number of tetrazole rings is 1. The number of H-pyrrole nitrogens is 1. The first-order chi connectivity index (χ1) is 11.2. The lowest BCUT2D eigenvalue weighted by molar-refractivity contribution is -0.142. The molecule has 0 spiro atoms. The van der Waals surface area contributed by atoms with E-state index in [0.29, 0.717) is 29.7 Å². The topological polar surface area (TPSA) is 131 Å². The zero-order valence-electron chi connectivity index (χ0n) is 12.5. The van der Waals surface area contributed by atoms with Gasteiger partial charge < -0.3 is 5.11 Å². The maximum Gasteiger partial charge on any atom is 0.307 e. The van der Waals surface area contributed by atoms with E-state index < -0.39 is 11.9 Å². The van der Waals surface area contributed by atoms with Gasteiger partial charge in [-0.3, -0.25) is 4.79 Å². The second-order valence-corrected chi connectivity index (χ2v) is 5.40. The summed E-state index contributed by atoms with van der Waals surface area (Å²) < 4.78 is 4.69. The van der Waals surface area contributed by atoms with Crippen molar-refractivity contribution in [2.45, 2.75) is 32.1 Å². The van der Waals surface area contributed by atoms with Gasteiger partial charge in [0.25, 0.3) is 0 Å². The number of carbonyl (C=O) groups is 1. The van der Waals surface area contributed by atoms with E-state index in [1.165, 1.54) is 0 Å². The van der Waals surface area contributed by atoms with Crippen molar-refractivity contribution in [2.75, 3.05) is 0 Å². The molecule has 0 aliphatic carbocycles. The largest absolute Gasteiger partial charge is 0.481 e. The fourth-order valence-corrected chi connectivity index (χ4v) is 2.76. The first-order valence-corrected chi connectivity index (χ1v) is 7.36. The van der Waals surface area contributed by atoms with Gasteiger partial charge in [0.05, 0.1) is 5.92 Å². The summed E-state index contributed by atoms with van der Waals surface area (Å²) in [5, 5.41) is 31.1. The van der Waals surface area contributed by atoms with Crippen molar-refractivity contribution >= 4 is 17.0 Å². The summed E-state index contributed by atoms with van der Waals surface area (Å²) in [7, 11) is 0. The lowest BCUT2D eigenvalue weighted by Crippen LogP contribution is -2.25. The maximum atomic E-state index is 11.7. The highest BCUT2D eigenvalue weighted by Crippen LogP contribution is 2.30. The van der Waals surface area contributed by atoms with Crippen LogP contribution in [0.3, 0.4) is 0 Å². The van der Waals surface area contributed by atoms with Gasteiger partial charge in [-0.15, -0.1) is 10.2 Å². The van der Waals surface area contributed by atoms with Crippen molar-refractivity contribution in [3.8, 4) is 0 Å². The number of aromatic nitrogens is 6. The molecule has 0 amide bonds. The number of benzene rings is 1. The third-order valence-corrected chi connectivity index (χ3v) is 3.87. The highest BCUT2D eigenvalue weighted by Gasteiger charge is 2.32. The van der Waals surface area contributed by atoms with Crippen LogP contribution in [0.1, 0.15) is 37.1 Å². The summed E-state index contributed by atoms with van der Waals surface area (Å²) in [6.07, 6.45) is 1.78. The molecular weight excluding hydrogens is 300 g/mol. The highest BCUT2D eigenvalue weighted by molar-refractivity contribution is 5.74. The van der Waals surface area contributed by atoms with E-state index >= 15 is 0 Å². The van der Waals surface area contributed by atoms with E-state index in [1.54, 1.807) is 6.07 Å². The second kappa shape index (κ2) is 6.51. The van der Waals surface area contributed by atoms with Gasteiger partial charge in [-0.1, -0.05) is 24.6 Å². The summed E-state index contributed by atoms with van der Waals surface area (Å²) in [6, 6.07) is 5.51. The Bertz CT molecular complexity index is 785. The van der Waals surface area contributed by atoms with Crippen LogP contribution in [-0.2, 0) is 11.2 Å². The second-order valence-electron chi connectivity index (χ2n) is 5.40. The molecule has 2 aromatic heterocycles. The average Bonchev–Trinajstić information content (AvgIpc) is 3.20. The Kier molecular flexibility index (Phi) is 4.26. The van der Waals surface area contributed by atoms with Gasteiger partial charge in [0.2, 0.25) is 0 Å². The van der Waals surface area contributed by atoms with Gasteiger partial charge >= 0.3 is 5.97 Å². The van der Waals surface area contributed by atoms with Crippen LogP contribution in [0.4, 0.5) is 0 Å². The fraction of sp³-hybridized carbons (Fsp3) is 0.429. The molecule has 0 saturated carbocycles. The molecule has 2 N–H and O–H groups in total. The van der Waals surface area contributed by atoms with Gasteiger partial charge in [-0.2, -0.15) is 5.21 Å². The van der Waals surface area contributed by atoms with Crippen LogP contribution in [0, 0.1) is 5.92 Å². The average molecular weight is 316 g/mol. The van der Waals surface area contributed by atoms with E-state index in [9.17, 15) is 9.90 Å². The third-order valence-electron chi connectivity index (χ3n) is 3.87. The molecule has 9 heteroatoms. The molecule has 120 valence electrons. The molecule has 9 nitrogen and oxygen atoms in total.